The highest BCUT2D eigenvalue weighted by Gasteiger charge is 2.39. The van der Waals surface area contributed by atoms with Crippen molar-refractivity contribution in [3.05, 3.63) is 23.8 Å². The molecule has 0 spiro atoms. The van der Waals surface area contributed by atoms with Crippen molar-refractivity contribution in [1.29, 1.82) is 0 Å². The number of nitrogens with zero attached hydrogens (tertiary/aromatic N) is 1. The van der Waals surface area contributed by atoms with E-state index in [1.165, 1.54) is 18.2 Å². The SMILES string of the molecule is NC1CC[C@@H]2CN(C(=O)c3ccc(O)cc3O)C[C@@H]2C1. The van der Waals surface area contributed by atoms with Gasteiger partial charge in [0.15, 0.2) is 0 Å². The van der Waals surface area contributed by atoms with Gasteiger partial charge in [0.25, 0.3) is 5.91 Å². The maximum absolute atomic E-state index is 12.5. The number of nitrogens with two attached hydrogens (primary N) is 1. The van der Waals surface area contributed by atoms with E-state index in [9.17, 15) is 15.0 Å². The second-order valence-electron chi connectivity index (χ2n) is 6.00. The number of hydrogen-bond acceptors (Lipinski definition) is 4. The Labute approximate surface area is 118 Å². The Morgan fingerprint density at radius 2 is 1.95 bits per heavy atom. The normalized spacial score (nSPS) is 29.2. The molecule has 0 radical (unpaired) electrons. The van der Waals surface area contributed by atoms with Crippen LogP contribution in [0.1, 0.15) is 29.6 Å². The lowest BCUT2D eigenvalue weighted by molar-refractivity contribution is 0.0781. The fraction of sp³-hybridized carbons (Fsp3) is 0.533. The van der Waals surface area contributed by atoms with Crippen LogP contribution in [0, 0.1) is 11.8 Å². The van der Waals surface area contributed by atoms with Gasteiger partial charge in [0, 0.05) is 25.2 Å². The second kappa shape index (κ2) is 4.98. The van der Waals surface area contributed by atoms with Gasteiger partial charge in [-0.15, -0.1) is 0 Å². The van der Waals surface area contributed by atoms with Crippen LogP contribution in [0.5, 0.6) is 11.5 Å². The first-order chi connectivity index (χ1) is 9.54. The number of fused-ring (bicyclic) bond motifs is 1. The molecule has 1 saturated carbocycles. The minimum atomic E-state index is -0.165. The van der Waals surface area contributed by atoms with Crippen LogP contribution >= 0.6 is 0 Å². The number of aromatic hydroxyl groups is 2. The quantitative estimate of drug-likeness (QED) is 0.721. The molecule has 20 heavy (non-hydrogen) atoms. The van der Waals surface area contributed by atoms with E-state index >= 15 is 0 Å². The molecule has 5 heteroatoms. The highest BCUT2D eigenvalue weighted by atomic mass is 16.3. The molecule has 1 amide bonds. The van der Waals surface area contributed by atoms with Crippen molar-refractivity contribution in [3.63, 3.8) is 0 Å². The Morgan fingerprint density at radius 1 is 1.20 bits per heavy atom. The Kier molecular flexibility index (Phi) is 3.30. The first-order valence-corrected chi connectivity index (χ1v) is 7.11. The summed E-state index contributed by atoms with van der Waals surface area (Å²) in [5.74, 6) is 0.659. The van der Waals surface area contributed by atoms with E-state index in [-0.39, 0.29) is 29.0 Å². The van der Waals surface area contributed by atoms with Gasteiger partial charge < -0.3 is 20.8 Å². The standard InChI is InChI=1S/C15H20N2O3/c16-11-2-1-9-7-17(8-10(9)5-11)15(20)13-4-3-12(18)6-14(13)19/h3-4,6,9-11,18-19H,1-2,5,7-8,16H2/t9-,10+,11?/m1/s1. The lowest BCUT2D eigenvalue weighted by Gasteiger charge is -2.27. The fourth-order valence-electron chi connectivity index (χ4n) is 3.50. The van der Waals surface area contributed by atoms with Crippen molar-refractivity contribution in [2.45, 2.75) is 25.3 Å². The topological polar surface area (TPSA) is 86.8 Å². The number of hydrogen-bond donors (Lipinski definition) is 3. The molecular weight excluding hydrogens is 256 g/mol. The van der Waals surface area contributed by atoms with E-state index in [1.807, 2.05) is 0 Å². The maximum Gasteiger partial charge on any atom is 0.257 e. The molecule has 5 nitrogen and oxygen atoms in total. The lowest BCUT2D eigenvalue weighted by Crippen LogP contribution is -2.32. The van der Waals surface area contributed by atoms with E-state index in [0.717, 1.165) is 32.4 Å². The van der Waals surface area contributed by atoms with Crippen LogP contribution in [0.3, 0.4) is 0 Å². The van der Waals surface area contributed by atoms with Crippen LogP contribution in [0.25, 0.3) is 0 Å². The molecule has 1 heterocycles. The highest BCUT2D eigenvalue weighted by molar-refractivity contribution is 5.97. The van der Waals surface area contributed by atoms with Crippen LogP contribution in [-0.2, 0) is 0 Å². The zero-order valence-corrected chi connectivity index (χ0v) is 11.3. The van der Waals surface area contributed by atoms with Gasteiger partial charge in [0.1, 0.15) is 11.5 Å². The molecule has 0 bridgehead atoms. The van der Waals surface area contributed by atoms with Gasteiger partial charge in [0.05, 0.1) is 5.56 Å². The minimum Gasteiger partial charge on any atom is -0.508 e. The van der Waals surface area contributed by atoms with Crippen LogP contribution in [0.2, 0.25) is 0 Å². The summed E-state index contributed by atoms with van der Waals surface area (Å²) in [4.78, 5) is 14.3. The van der Waals surface area contributed by atoms with Crippen LogP contribution in [0.4, 0.5) is 0 Å². The van der Waals surface area contributed by atoms with Gasteiger partial charge in [-0.05, 0) is 43.2 Å². The predicted molar refractivity (Wildman–Crippen MR) is 74.5 cm³/mol. The third-order valence-corrected chi connectivity index (χ3v) is 4.59. The molecule has 2 aliphatic rings. The summed E-state index contributed by atoms with van der Waals surface area (Å²) in [5, 5.41) is 19.1. The predicted octanol–water partition coefficient (Wildman–Crippen LogP) is 1.30. The summed E-state index contributed by atoms with van der Waals surface area (Å²) in [6.07, 6.45) is 3.10. The number of carbonyl (C=O) groups excluding carboxylic acids is 1. The van der Waals surface area contributed by atoms with Crippen LogP contribution in [-0.4, -0.2) is 40.2 Å². The fourth-order valence-corrected chi connectivity index (χ4v) is 3.50. The number of rotatable bonds is 1. The van der Waals surface area contributed by atoms with Crippen molar-refractivity contribution in [2.75, 3.05) is 13.1 Å². The van der Waals surface area contributed by atoms with Crippen molar-refractivity contribution in [2.24, 2.45) is 17.6 Å². The molecule has 3 atom stereocenters. The third kappa shape index (κ3) is 2.33. The molecule has 1 saturated heterocycles. The lowest BCUT2D eigenvalue weighted by atomic mass is 9.79. The molecular formula is C15H20N2O3. The van der Waals surface area contributed by atoms with Crippen LogP contribution < -0.4 is 5.73 Å². The number of carbonyl (C=O) groups is 1. The largest absolute Gasteiger partial charge is 0.508 e. The molecule has 1 aliphatic carbocycles. The Hall–Kier alpha value is -1.75. The zero-order chi connectivity index (χ0) is 14.3. The molecule has 108 valence electrons. The molecule has 3 rings (SSSR count). The Bertz CT molecular complexity index is 532. The number of phenolic OH excluding ortho intramolecular Hbond substituents is 2. The summed E-state index contributed by atoms with van der Waals surface area (Å²) >= 11 is 0. The number of likely N-dealkylation sites (tertiary alicyclic amines) is 1. The van der Waals surface area contributed by atoms with Gasteiger partial charge in [-0.1, -0.05) is 0 Å². The van der Waals surface area contributed by atoms with Gasteiger partial charge in [0.2, 0.25) is 0 Å². The maximum atomic E-state index is 12.5. The number of phenols is 2. The molecule has 4 N–H and O–H groups in total. The Balaban J connectivity index is 1.75. The molecule has 0 aromatic heterocycles. The van der Waals surface area contributed by atoms with E-state index in [0.29, 0.717) is 11.8 Å². The van der Waals surface area contributed by atoms with Crippen molar-refractivity contribution < 1.29 is 15.0 Å². The van der Waals surface area contributed by atoms with Gasteiger partial charge in [-0.3, -0.25) is 4.79 Å². The first kappa shape index (κ1) is 13.2. The Morgan fingerprint density at radius 3 is 2.70 bits per heavy atom. The summed E-state index contributed by atoms with van der Waals surface area (Å²) in [7, 11) is 0. The third-order valence-electron chi connectivity index (χ3n) is 4.59. The number of amides is 1. The average molecular weight is 276 g/mol. The van der Waals surface area contributed by atoms with Crippen molar-refractivity contribution in [3.8, 4) is 11.5 Å². The number of benzene rings is 1. The van der Waals surface area contributed by atoms with E-state index < -0.39 is 0 Å². The monoisotopic (exact) mass is 276 g/mol. The molecule has 2 fully saturated rings. The van der Waals surface area contributed by atoms with E-state index in [4.69, 9.17) is 5.73 Å². The molecule has 1 unspecified atom stereocenters. The van der Waals surface area contributed by atoms with Gasteiger partial charge in [-0.2, -0.15) is 0 Å². The van der Waals surface area contributed by atoms with Crippen molar-refractivity contribution >= 4 is 5.91 Å². The second-order valence-corrected chi connectivity index (χ2v) is 6.00. The van der Waals surface area contributed by atoms with Crippen molar-refractivity contribution in [1.82, 2.24) is 4.90 Å². The zero-order valence-electron chi connectivity index (χ0n) is 11.3. The smallest absolute Gasteiger partial charge is 0.257 e. The summed E-state index contributed by atoms with van der Waals surface area (Å²) < 4.78 is 0. The molecule has 1 aliphatic heterocycles. The van der Waals surface area contributed by atoms with Gasteiger partial charge >= 0.3 is 0 Å². The summed E-state index contributed by atoms with van der Waals surface area (Å²) in [6.45, 7) is 1.47. The molecule has 1 aromatic rings. The van der Waals surface area contributed by atoms with Crippen LogP contribution in [0.15, 0.2) is 18.2 Å². The van der Waals surface area contributed by atoms with Gasteiger partial charge in [-0.25, -0.2) is 0 Å². The minimum absolute atomic E-state index is 0.0416. The summed E-state index contributed by atoms with van der Waals surface area (Å²) in [6, 6.07) is 4.35. The highest BCUT2D eigenvalue weighted by Crippen LogP contribution is 2.37. The summed E-state index contributed by atoms with van der Waals surface area (Å²) in [5.41, 5.74) is 6.25. The average Bonchev–Trinajstić information content (AvgIpc) is 2.81. The van der Waals surface area contributed by atoms with E-state index in [1.54, 1.807) is 4.90 Å². The molecule has 1 aromatic carbocycles. The van der Waals surface area contributed by atoms with E-state index in [2.05, 4.69) is 0 Å². The first-order valence-electron chi connectivity index (χ1n) is 7.11.